The standard InChI is InChI=1S/C15H25N3/c1-12(10-13-4-2-5-13)17-14-6-3-7-15(14)18-9-8-16-11-18/h8-9,11-15,17H,2-7,10H2,1H3. The molecule has 0 spiro atoms. The second-order valence-electron chi connectivity index (χ2n) is 6.21. The third-order valence-corrected chi connectivity index (χ3v) is 4.80. The molecule has 1 N–H and O–H groups in total. The monoisotopic (exact) mass is 247 g/mol. The first-order chi connectivity index (χ1) is 8.83. The first kappa shape index (κ1) is 12.2. The van der Waals surface area contributed by atoms with Gasteiger partial charge in [-0.1, -0.05) is 19.3 Å². The van der Waals surface area contributed by atoms with Crippen LogP contribution in [-0.4, -0.2) is 21.6 Å². The summed E-state index contributed by atoms with van der Waals surface area (Å²) in [5.74, 6) is 1.00. The highest BCUT2D eigenvalue weighted by molar-refractivity contribution is 4.93. The molecule has 3 unspecified atom stereocenters. The Morgan fingerprint density at radius 2 is 2.11 bits per heavy atom. The lowest BCUT2D eigenvalue weighted by Crippen LogP contribution is -2.41. The predicted octanol–water partition coefficient (Wildman–Crippen LogP) is 3.15. The first-order valence-corrected chi connectivity index (χ1v) is 7.56. The molecule has 3 atom stereocenters. The van der Waals surface area contributed by atoms with Crippen molar-refractivity contribution in [1.29, 1.82) is 0 Å². The van der Waals surface area contributed by atoms with Crippen molar-refractivity contribution in [1.82, 2.24) is 14.9 Å². The zero-order chi connectivity index (χ0) is 12.4. The molecule has 1 aromatic heterocycles. The van der Waals surface area contributed by atoms with E-state index >= 15 is 0 Å². The Bertz CT molecular complexity index is 356. The van der Waals surface area contributed by atoms with Crippen LogP contribution in [0.3, 0.4) is 0 Å². The summed E-state index contributed by atoms with van der Waals surface area (Å²) in [6.07, 6.45) is 15.7. The summed E-state index contributed by atoms with van der Waals surface area (Å²) < 4.78 is 2.29. The molecule has 0 bridgehead atoms. The minimum Gasteiger partial charge on any atom is -0.333 e. The molecule has 2 fully saturated rings. The van der Waals surface area contributed by atoms with E-state index in [1.165, 1.54) is 44.9 Å². The number of imidazole rings is 1. The Hall–Kier alpha value is -0.830. The van der Waals surface area contributed by atoms with Crippen molar-refractivity contribution in [2.45, 2.75) is 70.0 Å². The second-order valence-corrected chi connectivity index (χ2v) is 6.21. The molecular weight excluding hydrogens is 222 g/mol. The molecular formula is C15H25N3. The van der Waals surface area contributed by atoms with Gasteiger partial charge in [-0.05, 0) is 38.5 Å². The van der Waals surface area contributed by atoms with Crippen LogP contribution in [0.5, 0.6) is 0 Å². The van der Waals surface area contributed by atoms with E-state index in [1.54, 1.807) is 0 Å². The fraction of sp³-hybridized carbons (Fsp3) is 0.800. The van der Waals surface area contributed by atoms with Crippen molar-refractivity contribution in [3.8, 4) is 0 Å². The normalized spacial score (nSPS) is 30.3. The maximum absolute atomic E-state index is 4.19. The van der Waals surface area contributed by atoms with Crippen LogP contribution in [-0.2, 0) is 0 Å². The average Bonchev–Trinajstić information content (AvgIpc) is 2.92. The first-order valence-electron chi connectivity index (χ1n) is 7.56. The lowest BCUT2D eigenvalue weighted by molar-refractivity contribution is 0.248. The van der Waals surface area contributed by atoms with Crippen LogP contribution in [0.1, 0.15) is 57.9 Å². The van der Waals surface area contributed by atoms with E-state index in [0.29, 0.717) is 18.1 Å². The fourth-order valence-electron chi connectivity index (χ4n) is 3.62. The second kappa shape index (κ2) is 5.43. The summed E-state index contributed by atoms with van der Waals surface area (Å²) in [5.41, 5.74) is 0. The zero-order valence-corrected chi connectivity index (χ0v) is 11.4. The molecule has 0 amide bonds. The van der Waals surface area contributed by atoms with E-state index in [2.05, 4.69) is 28.0 Å². The van der Waals surface area contributed by atoms with Crippen LogP contribution in [0.25, 0.3) is 0 Å². The summed E-state index contributed by atoms with van der Waals surface area (Å²) in [5, 5.41) is 3.87. The summed E-state index contributed by atoms with van der Waals surface area (Å²) >= 11 is 0. The van der Waals surface area contributed by atoms with Gasteiger partial charge in [0, 0.05) is 30.5 Å². The molecule has 0 aliphatic heterocycles. The highest BCUT2D eigenvalue weighted by Gasteiger charge is 2.30. The van der Waals surface area contributed by atoms with Gasteiger partial charge in [0.25, 0.3) is 0 Å². The molecule has 0 aromatic carbocycles. The van der Waals surface area contributed by atoms with Crippen molar-refractivity contribution in [3.05, 3.63) is 18.7 Å². The zero-order valence-electron chi connectivity index (χ0n) is 11.4. The van der Waals surface area contributed by atoms with E-state index in [0.717, 1.165) is 5.92 Å². The van der Waals surface area contributed by atoms with Crippen molar-refractivity contribution in [2.75, 3.05) is 0 Å². The number of hydrogen-bond donors (Lipinski definition) is 1. The SMILES string of the molecule is CC(CC1CCC1)NC1CCCC1n1ccnc1. The van der Waals surface area contributed by atoms with Crippen LogP contribution in [0, 0.1) is 5.92 Å². The number of nitrogens with one attached hydrogen (secondary N) is 1. The predicted molar refractivity (Wildman–Crippen MR) is 73.5 cm³/mol. The molecule has 0 radical (unpaired) electrons. The Labute approximate surface area is 110 Å². The molecule has 3 nitrogen and oxygen atoms in total. The van der Waals surface area contributed by atoms with Gasteiger partial charge in [-0.25, -0.2) is 4.98 Å². The molecule has 2 aliphatic rings. The van der Waals surface area contributed by atoms with E-state index in [9.17, 15) is 0 Å². The molecule has 2 saturated carbocycles. The average molecular weight is 247 g/mol. The largest absolute Gasteiger partial charge is 0.333 e. The Morgan fingerprint density at radius 1 is 1.28 bits per heavy atom. The van der Waals surface area contributed by atoms with E-state index in [1.807, 2.05) is 12.5 Å². The Kier molecular flexibility index (Phi) is 3.69. The lowest BCUT2D eigenvalue weighted by Gasteiger charge is -2.31. The molecule has 3 heteroatoms. The summed E-state index contributed by atoms with van der Waals surface area (Å²) in [6.45, 7) is 2.36. The van der Waals surface area contributed by atoms with Gasteiger partial charge in [0.1, 0.15) is 0 Å². The van der Waals surface area contributed by atoms with Crippen LogP contribution in [0.15, 0.2) is 18.7 Å². The minimum atomic E-state index is 0.622. The molecule has 1 heterocycles. The maximum atomic E-state index is 4.19. The number of hydrogen-bond acceptors (Lipinski definition) is 2. The topological polar surface area (TPSA) is 29.9 Å². The van der Waals surface area contributed by atoms with E-state index in [-0.39, 0.29) is 0 Å². The van der Waals surface area contributed by atoms with Crippen molar-refractivity contribution >= 4 is 0 Å². The third kappa shape index (κ3) is 2.61. The van der Waals surface area contributed by atoms with Crippen LogP contribution < -0.4 is 5.32 Å². The molecule has 0 saturated heterocycles. The number of nitrogens with zero attached hydrogens (tertiary/aromatic N) is 2. The molecule has 18 heavy (non-hydrogen) atoms. The van der Waals surface area contributed by atoms with Gasteiger partial charge in [0.15, 0.2) is 0 Å². The molecule has 100 valence electrons. The van der Waals surface area contributed by atoms with Crippen molar-refractivity contribution in [3.63, 3.8) is 0 Å². The molecule has 1 aromatic rings. The van der Waals surface area contributed by atoms with Gasteiger partial charge in [-0.3, -0.25) is 0 Å². The molecule has 3 rings (SSSR count). The van der Waals surface area contributed by atoms with Gasteiger partial charge in [-0.2, -0.15) is 0 Å². The van der Waals surface area contributed by atoms with E-state index in [4.69, 9.17) is 0 Å². The Morgan fingerprint density at radius 3 is 2.78 bits per heavy atom. The highest BCUT2D eigenvalue weighted by atomic mass is 15.1. The van der Waals surface area contributed by atoms with E-state index < -0.39 is 0 Å². The Balaban J connectivity index is 1.54. The maximum Gasteiger partial charge on any atom is 0.0949 e. The highest BCUT2D eigenvalue weighted by Crippen LogP contribution is 2.33. The van der Waals surface area contributed by atoms with Crippen LogP contribution >= 0.6 is 0 Å². The van der Waals surface area contributed by atoms with Gasteiger partial charge in [0.2, 0.25) is 0 Å². The summed E-state index contributed by atoms with van der Waals surface area (Å²) in [6, 6.07) is 1.94. The summed E-state index contributed by atoms with van der Waals surface area (Å²) in [7, 11) is 0. The lowest BCUT2D eigenvalue weighted by atomic mass is 9.81. The third-order valence-electron chi connectivity index (χ3n) is 4.80. The van der Waals surface area contributed by atoms with Crippen LogP contribution in [0.2, 0.25) is 0 Å². The van der Waals surface area contributed by atoms with Crippen LogP contribution in [0.4, 0.5) is 0 Å². The van der Waals surface area contributed by atoms with Crippen molar-refractivity contribution < 1.29 is 0 Å². The number of aromatic nitrogens is 2. The van der Waals surface area contributed by atoms with Gasteiger partial charge < -0.3 is 9.88 Å². The van der Waals surface area contributed by atoms with Crippen molar-refractivity contribution in [2.24, 2.45) is 5.92 Å². The van der Waals surface area contributed by atoms with Gasteiger partial charge in [0.05, 0.1) is 6.33 Å². The van der Waals surface area contributed by atoms with Gasteiger partial charge >= 0.3 is 0 Å². The smallest absolute Gasteiger partial charge is 0.0949 e. The number of rotatable bonds is 5. The van der Waals surface area contributed by atoms with Gasteiger partial charge in [-0.15, -0.1) is 0 Å². The molecule has 2 aliphatic carbocycles. The fourth-order valence-corrected chi connectivity index (χ4v) is 3.62. The summed E-state index contributed by atoms with van der Waals surface area (Å²) in [4.78, 5) is 4.19. The minimum absolute atomic E-state index is 0.622. The quantitative estimate of drug-likeness (QED) is 0.866.